The van der Waals surface area contributed by atoms with E-state index in [0.29, 0.717) is 16.6 Å². The van der Waals surface area contributed by atoms with Crippen molar-refractivity contribution >= 4 is 48.7 Å². The Morgan fingerprint density at radius 2 is 1.71 bits per heavy atom. The summed E-state index contributed by atoms with van der Waals surface area (Å²) in [7, 11) is 0. The van der Waals surface area contributed by atoms with Crippen LogP contribution in [0.1, 0.15) is 54.9 Å². The fraction of sp³-hybridized carbons (Fsp3) is 0.304. The normalized spacial score (nSPS) is 11.1. The minimum Gasteiger partial charge on any atom is -0.478 e. The highest BCUT2D eigenvalue weighted by molar-refractivity contribution is 9.11. The van der Waals surface area contributed by atoms with Crippen LogP contribution in [-0.2, 0) is 6.42 Å². The number of halogens is 2. The van der Waals surface area contributed by atoms with E-state index in [0.717, 1.165) is 20.9 Å². The van der Waals surface area contributed by atoms with Crippen LogP contribution >= 0.6 is 31.9 Å². The van der Waals surface area contributed by atoms with E-state index < -0.39 is 5.97 Å². The number of unbranched alkanes of at least 4 members (excludes halogenated alkanes) is 4. The van der Waals surface area contributed by atoms with Gasteiger partial charge in [-0.25, -0.2) is 9.78 Å². The zero-order valence-corrected chi connectivity index (χ0v) is 19.0. The second-order valence-electron chi connectivity index (χ2n) is 7.01. The molecule has 3 aromatic rings. The maximum atomic E-state index is 11.8. The molecule has 0 amide bonds. The third kappa shape index (κ3) is 5.00. The first-order valence-corrected chi connectivity index (χ1v) is 11.2. The molecule has 0 aliphatic heterocycles. The van der Waals surface area contributed by atoms with Crippen molar-refractivity contribution in [3.8, 4) is 11.3 Å². The molecule has 1 N–H and O–H groups in total. The molecule has 0 saturated heterocycles. The van der Waals surface area contributed by atoms with Gasteiger partial charge in [0.15, 0.2) is 0 Å². The summed E-state index contributed by atoms with van der Waals surface area (Å²) >= 11 is 6.93. The summed E-state index contributed by atoms with van der Waals surface area (Å²) in [6.07, 6.45) is 7.43. The van der Waals surface area contributed by atoms with Gasteiger partial charge in [-0.2, -0.15) is 0 Å². The summed E-state index contributed by atoms with van der Waals surface area (Å²) in [5, 5.41) is 10.3. The molecule has 0 unspecified atom stereocenters. The average Bonchev–Trinajstić information content (AvgIpc) is 2.67. The zero-order valence-electron chi connectivity index (χ0n) is 15.8. The molecule has 1 heterocycles. The predicted molar refractivity (Wildman–Crippen MR) is 122 cm³/mol. The Kier molecular flexibility index (Phi) is 7.24. The van der Waals surface area contributed by atoms with Crippen LogP contribution in [0.2, 0.25) is 0 Å². The van der Waals surface area contributed by atoms with Crippen LogP contribution in [0.5, 0.6) is 0 Å². The van der Waals surface area contributed by atoms with Crippen LogP contribution in [0, 0.1) is 0 Å². The number of carbonyl (C=O) groups is 1. The van der Waals surface area contributed by atoms with E-state index in [4.69, 9.17) is 4.98 Å². The van der Waals surface area contributed by atoms with Gasteiger partial charge in [-0.05, 0) is 52.5 Å². The molecule has 3 nitrogen and oxygen atoms in total. The first-order valence-electron chi connectivity index (χ1n) is 9.62. The van der Waals surface area contributed by atoms with Crippen molar-refractivity contribution in [2.45, 2.75) is 45.4 Å². The standard InChI is InChI=1S/C23H23Br2NO2/c1-2-3-4-5-6-7-15-8-10-16(11-9-15)21-14-19(23(27)28)18-12-17(24)13-20(25)22(18)26-21/h8-14H,2-7H2,1H3,(H,27,28). The molecule has 1 aromatic heterocycles. The number of carboxylic acids is 1. The number of fused-ring (bicyclic) bond motifs is 1. The molecule has 2 aromatic carbocycles. The quantitative estimate of drug-likeness (QED) is 0.320. The van der Waals surface area contributed by atoms with Crippen molar-refractivity contribution in [3.63, 3.8) is 0 Å². The third-order valence-corrected chi connectivity index (χ3v) is 5.94. The van der Waals surface area contributed by atoms with Crippen molar-refractivity contribution in [2.75, 3.05) is 0 Å². The number of hydrogen-bond donors (Lipinski definition) is 1. The lowest BCUT2D eigenvalue weighted by molar-refractivity contribution is 0.0699. The molecule has 146 valence electrons. The van der Waals surface area contributed by atoms with Gasteiger partial charge in [-0.1, -0.05) is 72.8 Å². The number of aromatic carboxylic acids is 1. The lowest BCUT2D eigenvalue weighted by atomic mass is 10.0. The second kappa shape index (κ2) is 9.66. The number of aromatic nitrogens is 1. The Morgan fingerprint density at radius 1 is 1.00 bits per heavy atom. The van der Waals surface area contributed by atoms with E-state index in [-0.39, 0.29) is 5.56 Å². The molecule has 3 rings (SSSR count). The predicted octanol–water partition coefficient (Wildman–Crippen LogP) is 7.64. The molecule has 0 aliphatic rings. The molecular formula is C23H23Br2NO2. The molecule has 0 spiro atoms. The average molecular weight is 505 g/mol. The lowest BCUT2D eigenvalue weighted by Gasteiger charge is -2.10. The van der Waals surface area contributed by atoms with Crippen molar-refractivity contribution in [1.82, 2.24) is 4.98 Å². The molecule has 0 fully saturated rings. The lowest BCUT2D eigenvalue weighted by Crippen LogP contribution is -2.01. The molecule has 0 aliphatic carbocycles. The monoisotopic (exact) mass is 503 g/mol. The first-order chi connectivity index (χ1) is 13.5. The molecule has 28 heavy (non-hydrogen) atoms. The van der Waals surface area contributed by atoms with Gasteiger partial charge in [0.1, 0.15) is 0 Å². The highest BCUT2D eigenvalue weighted by Crippen LogP contribution is 2.32. The van der Waals surface area contributed by atoms with E-state index in [9.17, 15) is 9.90 Å². The highest BCUT2D eigenvalue weighted by atomic mass is 79.9. The van der Waals surface area contributed by atoms with Crippen LogP contribution in [-0.4, -0.2) is 16.1 Å². The summed E-state index contributed by atoms with van der Waals surface area (Å²) in [5.74, 6) is -0.956. The number of nitrogens with zero attached hydrogens (tertiary/aromatic N) is 1. The minimum atomic E-state index is -0.956. The molecule has 5 heteroatoms. The zero-order chi connectivity index (χ0) is 20.1. The van der Waals surface area contributed by atoms with Gasteiger partial charge in [0.25, 0.3) is 0 Å². The fourth-order valence-electron chi connectivity index (χ4n) is 3.35. The van der Waals surface area contributed by atoms with Gasteiger partial charge >= 0.3 is 5.97 Å². The smallest absolute Gasteiger partial charge is 0.336 e. The highest BCUT2D eigenvalue weighted by Gasteiger charge is 2.15. The Hall–Kier alpha value is -1.72. The van der Waals surface area contributed by atoms with Crippen LogP contribution in [0.25, 0.3) is 22.2 Å². The summed E-state index contributed by atoms with van der Waals surface area (Å²) < 4.78 is 1.58. The minimum absolute atomic E-state index is 0.252. The summed E-state index contributed by atoms with van der Waals surface area (Å²) in [6, 6.07) is 13.6. The molecule has 0 radical (unpaired) electrons. The Labute approximate surface area is 182 Å². The van der Waals surface area contributed by atoms with Crippen LogP contribution in [0.4, 0.5) is 0 Å². The summed E-state index contributed by atoms with van der Waals surface area (Å²) in [4.78, 5) is 16.5. The van der Waals surface area contributed by atoms with E-state index in [2.05, 4.69) is 50.9 Å². The van der Waals surface area contributed by atoms with Crippen LogP contribution in [0.15, 0.2) is 51.4 Å². The van der Waals surface area contributed by atoms with Crippen molar-refractivity contribution in [2.24, 2.45) is 0 Å². The Balaban J connectivity index is 1.88. The van der Waals surface area contributed by atoms with E-state index in [1.165, 1.54) is 37.7 Å². The largest absolute Gasteiger partial charge is 0.478 e. The molecule has 0 atom stereocenters. The maximum Gasteiger partial charge on any atom is 0.336 e. The number of hydrogen-bond acceptors (Lipinski definition) is 2. The Bertz CT molecular complexity index is 984. The van der Waals surface area contributed by atoms with Gasteiger partial charge in [0.05, 0.1) is 16.8 Å². The second-order valence-corrected chi connectivity index (χ2v) is 8.78. The summed E-state index contributed by atoms with van der Waals surface area (Å²) in [6.45, 7) is 2.23. The van der Waals surface area contributed by atoms with E-state index in [1.807, 2.05) is 18.2 Å². The van der Waals surface area contributed by atoms with Crippen molar-refractivity contribution < 1.29 is 9.90 Å². The van der Waals surface area contributed by atoms with Crippen molar-refractivity contribution in [1.29, 1.82) is 0 Å². The van der Waals surface area contributed by atoms with E-state index in [1.54, 1.807) is 12.1 Å². The van der Waals surface area contributed by atoms with Gasteiger partial charge in [-0.3, -0.25) is 0 Å². The van der Waals surface area contributed by atoms with Gasteiger partial charge < -0.3 is 5.11 Å². The first kappa shape index (κ1) is 21.0. The third-order valence-electron chi connectivity index (χ3n) is 4.88. The molecular weight excluding hydrogens is 482 g/mol. The maximum absolute atomic E-state index is 11.8. The van der Waals surface area contributed by atoms with Crippen LogP contribution in [0.3, 0.4) is 0 Å². The number of carboxylic acid groups (broad SMARTS) is 1. The topological polar surface area (TPSA) is 50.2 Å². The van der Waals surface area contributed by atoms with Crippen LogP contribution < -0.4 is 0 Å². The number of rotatable bonds is 8. The SMILES string of the molecule is CCCCCCCc1ccc(-c2cc(C(=O)O)c3cc(Br)cc(Br)c3n2)cc1. The molecule has 0 bridgehead atoms. The van der Waals surface area contributed by atoms with E-state index >= 15 is 0 Å². The van der Waals surface area contributed by atoms with Gasteiger partial charge in [-0.15, -0.1) is 0 Å². The van der Waals surface area contributed by atoms with Gasteiger partial charge in [0, 0.05) is 19.9 Å². The molecule has 0 saturated carbocycles. The van der Waals surface area contributed by atoms with Crippen molar-refractivity contribution in [3.05, 3.63) is 62.5 Å². The number of aryl methyl sites for hydroxylation is 1. The Morgan fingerprint density at radius 3 is 2.39 bits per heavy atom. The van der Waals surface area contributed by atoms with Gasteiger partial charge in [0.2, 0.25) is 0 Å². The number of pyridine rings is 1. The number of benzene rings is 2. The fourth-order valence-corrected chi connectivity index (χ4v) is 4.67. The summed E-state index contributed by atoms with van der Waals surface area (Å²) in [5.41, 5.74) is 3.81.